The minimum atomic E-state index is -0.315. The van der Waals surface area contributed by atoms with Crippen LogP contribution >= 0.6 is 22.9 Å². The Morgan fingerprint density at radius 3 is 2.94 bits per heavy atom. The Bertz CT molecular complexity index is 514. The molecule has 16 heavy (non-hydrogen) atoms. The van der Waals surface area contributed by atoms with E-state index in [1.807, 2.05) is 0 Å². The Morgan fingerprint density at radius 2 is 2.31 bits per heavy atom. The van der Waals surface area contributed by atoms with Crippen molar-refractivity contribution in [3.63, 3.8) is 0 Å². The smallest absolute Gasteiger partial charge is 0.259 e. The topological polar surface area (TPSA) is 80.9 Å². The van der Waals surface area contributed by atoms with Crippen LogP contribution in [0, 0.1) is 0 Å². The first kappa shape index (κ1) is 10.8. The summed E-state index contributed by atoms with van der Waals surface area (Å²) in [5.41, 5.74) is 5.78. The molecule has 3 N–H and O–H groups in total. The summed E-state index contributed by atoms with van der Waals surface area (Å²) in [5.74, 6) is -0.114. The van der Waals surface area contributed by atoms with Gasteiger partial charge in [-0.25, -0.2) is 9.97 Å². The maximum absolute atomic E-state index is 11.7. The second-order valence-corrected chi connectivity index (χ2v) is 4.18. The lowest BCUT2D eigenvalue weighted by atomic mass is 10.2. The summed E-state index contributed by atoms with van der Waals surface area (Å²) in [6.45, 7) is 0. The summed E-state index contributed by atoms with van der Waals surface area (Å²) < 4.78 is 0. The van der Waals surface area contributed by atoms with Crippen molar-refractivity contribution in [2.75, 3.05) is 11.1 Å². The van der Waals surface area contributed by atoms with Gasteiger partial charge in [-0.15, -0.1) is 11.3 Å². The Kier molecular flexibility index (Phi) is 3.02. The normalized spacial score (nSPS) is 10.1. The first-order valence-corrected chi connectivity index (χ1v) is 5.54. The molecule has 0 fully saturated rings. The third-order valence-electron chi connectivity index (χ3n) is 1.78. The minimum absolute atomic E-state index is 0.201. The number of carbonyl (C=O) groups excluding carboxylic acids is 1. The van der Waals surface area contributed by atoms with Gasteiger partial charge in [-0.05, 0) is 6.07 Å². The average Bonchev–Trinajstić information content (AvgIpc) is 2.74. The van der Waals surface area contributed by atoms with E-state index in [0.29, 0.717) is 10.7 Å². The lowest BCUT2D eigenvalue weighted by Crippen LogP contribution is -2.12. The molecular formula is C9H7ClN4OS. The molecular weight excluding hydrogens is 248 g/mol. The van der Waals surface area contributed by atoms with Crippen molar-refractivity contribution >= 4 is 39.8 Å². The summed E-state index contributed by atoms with van der Waals surface area (Å²) in [5, 5.41) is 5.16. The largest absolute Gasteiger partial charge is 0.382 e. The molecule has 0 atom stereocenters. The zero-order chi connectivity index (χ0) is 11.5. The van der Waals surface area contributed by atoms with E-state index in [1.165, 1.54) is 23.6 Å². The van der Waals surface area contributed by atoms with Crippen LogP contribution in [0.3, 0.4) is 0 Å². The van der Waals surface area contributed by atoms with Gasteiger partial charge in [0.1, 0.15) is 5.82 Å². The third-order valence-corrected chi connectivity index (χ3v) is 2.78. The van der Waals surface area contributed by atoms with Gasteiger partial charge >= 0.3 is 0 Å². The zero-order valence-corrected chi connectivity index (χ0v) is 9.55. The van der Waals surface area contributed by atoms with Gasteiger partial charge in [-0.2, -0.15) is 0 Å². The molecule has 1 amide bonds. The van der Waals surface area contributed by atoms with Crippen molar-refractivity contribution in [3.8, 4) is 0 Å². The van der Waals surface area contributed by atoms with Crippen LogP contribution in [0.25, 0.3) is 0 Å². The first-order chi connectivity index (χ1) is 7.66. The number of halogens is 1. The number of anilines is 2. The van der Waals surface area contributed by atoms with Gasteiger partial charge in [0.05, 0.1) is 10.6 Å². The second-order valence-electron chi connectivity index (χ2n) is 2.88. The van der Waals surface area contributed by atoms with Crippen LogP contribution in [-0.4, -0.2) is 15.9 Å². The molecule has 2 aromatic heterocycles. The van der Waals surface area contributed by atoms with Crippen LogP contribution in [0.2, 0.25) is 5.02 Å². The number of pyridine rings is 1. The number of amides is 1. The highest BCUT2D eigenvalue weighted by molar-refractivity contribution is 7.13. The standard InChI is InChI=1S/C9H7ClN4OS/c10-6-3-5(4-13-7(6)11)8(15)14-9-12-1-2-16-9/h1-4H,(H2,11,13)(H,12,14,15). The molecule has 7 heteroatoms. The van der Waals surface area contributed by atoms with Crippen molar-refractivity contribution in [3.05, 3.63) is 34.4 Å². The highest BCUT2D eigenvalue weighted by Gasteiger charge is 2.09. The van der Waals surface area contributed by atoms with Gasteiger partial charge in [0, 0.05) is 17.8 Å². The van der Waals surface area contributed by atoms with Crippen molar-refractivity contribution in [1.29, 1.82) is 0 Å². The summed E-state index contributed by atoms with van der Waals surface area (Å²) >= 11 is 7.09. The van der Waals surface area contributed by atoms with Crippen molar-refractivity contribution in [2.24, 2.45) is 0 Å². The van der Waals surface area contributed by atoms with E-state index in [1.54, 1.807) is 11.6 Å². The summed E-state index contributed by atoms with van der Waals surface area (Å²) in [7, 11) is 0. The molecule has 0 bridgehead atoms. The van der Waals surface area contributed by atoms with Gasteiger partial charge in [-0.1, -0.05) is 11.6 Å². The van der Waals surface area contributed by atoms with Crippen LogP contribution < -0.4 is 11.1 Å². The molecule has 0 radical (unpaired) electrons. The molecule has 0 spiro atoms. The predicted molar refractivity (Wildman–Crippen MR) is 63.7 cm³/mol. The maximum Gasteiger partial charge on any atom is 0.259 e. The molecule has 0 saturated heterocycles. The summed E-state index contributed by atoms with van der Waals surface area (Å²) in [6.07, 6.45) is 2.97. The van der Waals surface area contributed by atoms with Gasteiger partial charge < -0.3 is 5.73 Å². The van der Waals surface area contributed by atoms with Gasteiger partial charge in [0.2, 0.25) is 0 Å². The van der Waals surface area contributed by atoms with Crippen LogP contribution in [0.1, 0.15) is 10.4 Å². The molecule has 0 aliphatic heterocycles. The summed E-state index contributed by atoms with van der Waals surface area (Å²) in [4.78, 5) is 19.4. The van der Waals surface area contributed by atoms with Crippen molar-refractivity contribution in [1.82, 2.24) is 9.97 Å². The number of nitrogens with two attached hydrogens (primary N) is 1. The quantitative estimate of drug-likeness (QED) is 0.859. The molecule has 82 valence electrons. The zero-order valence-electron chi connectivity index (χ0n) is 7.98. The van der Waals surface area contributed by atoms with Crippen LogP contribution in [-0.2, 0) is 0 Å². The average molecular weight is 255 g/mol. The minimum Gasteiger partial charge on any atom is -0.382 e. The lowest BCUT2D eigenvalue weighted by molar-refractivity contribution is 0.102. The molecule has 0 aliphatic carbocycles. The van der Waals surface area contributed by atoms with E-state index in [2.05, 4.69) is 15.3 Å². The van der Waals surface area contributed by atoms with Crippen molar-refractivity contribution in [2.45, 2.75) is 0 Å². The maximum atomic E-state index is 11.7. The molecule has 2 aromatic rings. The molecule has 5 nitrogen and oxygen atoms in total. The van der Waals surface area contributed by atoms with Crippen LogP contribution in [0.4, 0.5) is 10.9 Å². The van der Waals surface area contributed by atoms with E-state index in [4.69, 9.17) is 17.3 Å². The fourth-order valence-corrected chi connectivity index (χ4v) is 1.72. The number of aromatic nitrogens is 2. The molecule has 0 saturated carbocycles. The number of nitrogens with one attached hydrogen (secondary N) is 1. The van der Waals surface area contributed by atoms with E-state index in [-0.39, 0.29) is 16.7 Å². The number of nitrogens with zero attached hydrogens (tertiary/aromatic N) is 2. The molecule has 0 aromatic carbocycles. The van der Waals surface area contributed by atoms with Gasteiger partial charge in [0.15, 0.2) is 5.13 Å². The SMILES string of the molecule is Nc1ncc(C(=O)Nc2nccs2)cc1Cl. The summed E-state index contributed by atoms with van der Waals surface area (Å²) in [6, 6.07) is 1.47. The van der Waals surface area contributed by atoms with E-state index < -0.39 is 0 Å². The van der Waals surface area contributed by atoms with E-state index in [9.17, 15) is 4.79 Å². The fraction of sp³-hybridized carbons (Fsp3) is 0. The number of thiazole rings is 1. The molecule has 2 heterocycles. The van der Waals surface area contributed by atoms with E-state index >= 15 is 0 Å². The molecule has 2 rings (SSSR count). The number of carbonyl (C=O) groups is 1. The second kappa shape index (κ2) is 4.46. The van der Waals surface area contributed by atoms with Crippen molar-refractivity contribution < 1.29 is 4.79 Å². The third kappa shape index (κ3) is 2.29. The Morgan fingerprint density at radius 1 is 1.50 bits per heavy atom. The Labute approximate surface area is 100 Å². The molecule has 0 aliphatic rings. The fourth-order valence-electron chi connectivity index (χ4n) is 1.03. The highest BCUT2D eigenvalue weighted by atomic mass is 35.5. The Hall–Kier alpha value is -1.66. The number of rotatable bonds is 2. The van der Waals surface area contributed by atoms with E-state index in [0.717, 1.165) is 0 Å². The molecule has 0 unspecified atom stereocenters. The number of hydrogen-bond donors (Lipinski definition) is 2. The first-order valence-electron chi connectivity index (χ1n) is 4.28. The lowest BCUT2D eigenvalue weighted by Gasteiger charge is -2.02. The monoisotopic (exact) mass is 254 g/mol. The number of nitrogen functional groups attached to an aromatic ring is 1. The van der Waals surface area contributed by atoms with Crippen LogP contribution in [0.15, 0.2) is 23.8 Å². The Balaban J connectivity index is 2.18. The van der Waals surface area contributed by atoms with Gasteiger partial charge in [0.25, 0.3) is 5.91 Å². The van der Waals surface area contributed by atoms with Gasteiger partial charge in [-0.3, -0.25) is 10.1 Å². The highest BCUT2D eigenvalue weighted by Crippen LogP contribution is 2.18. The number of hydrogen-bond acceptors (Lipinski definition) is 5. The predicted octanol–water partition coefficient (Wildman–Crippen LogP) is 2.03. The van der Waals surface area contributed by atoms with Crippen LogP contribution in [0.5, 0.6) is 0 Å².